The first kappa shape index (κ1) is 16.0. The van der Waals surface area contributed by atoms with E-state index >= 15 is 0 Å². The molecule has 1 unspecified atom stereocenters. The molecule has 23 heavy (non-hydrogen) atoms. The molecule has 0 saturated carbocycles. The van der Waals surface area contributed by atoms with Crippen LogP contribution in [0.25, 0.3) is 0 Å². The number of hydrogen-bond acceptors (Lipinski definition) is 3. The Labute approximate surface area is 140 Å². The second-order valence-corrected chi connectivity index (χ2v) is 6.25. The zero-order valence-corrected chi connectivity index (χ0v) is 13.4. The normalized spacial score (nSPS) is 19.4. The van der Waals surface area contributed by atoms with Gasteiger partial charge in [-0.15, -0.1) is 0 Å². The Hall–Kier alpha value is -1.88. The van der Waals surface area contributed by atoms with Gasteiger partial charge in [-0.25, -0.2) is 0 Å². The van der Waals surface area contributed by atoms with Gasteiger partial charge in [0.25, 0.3) is 0 Å². The maximum absolute atomic E-state index is 12.2. The first-order chi connectivity index (χ1) is 11.1. The Kier molecular flexibility index (Phi) is 4.66. The third-order valence-electron chi connectivity index (χ3n) is 4.32. The van der Waals surface area contributed by atoms with Gasteiger partial charge in [0.05, 0.1) is 18.7 Å². The van der Waals surface area contributed by atoms with Gasteiger partial charge in [-0.1, -0.05) is 41.9 Å². The molecule has 3 rings (SSSR count). The number of hydrogen-bond donors (Lipinski definition) is 3. The number of aliphatic hydroxyl groups is 1. The molecule has 1 atom stereocenters. The molecule has 0 aromatic heterocycles. The van der Waals surface area contributed by atoms with Crippen molar-refractivity contribution in [3.05, 3.63) is 64.7 Å². The van der Waals surface area contributed by atoms with Crippen molar-refractivity contribution in [1.82, 2.24) is 5.32 Å². The maximum Gasteiger partial charge on any atom is 0.238 e. The molecule has 4 nitrogen and oxygen atoms in total. The Morgan fingerprint density at radius 2 is 2.04 bits per heavy atom. The number of aliphatic hydroxyl groups excluding tert-OH is 1. The summed E-state index contributed by atoms with van der Waals surface area (Å²) in [6.07, 6.45) is 1.69. The average molecular weight is 331 g/mol. The molecule has 5 heteroatoms. The first-order valence-corrected chi connectivity index (χ1v) is 8.00. The molecule has 0 fully saturated rings. The van der Waals surface area contributed by atoms with E-state index in [9.17, 15) is 9.90 Å². The van der Waals surface area contributed by atoms with Gasteiger partial charge < -0.3 is 10.4 Å². The summed E-state index contributed by atoms with van der Waals surface area (Å²) >= 11 is 5.91. The lowest BCUT2D eigenvalue weighted by Gasteiger charge is -2.29. The van der Waals surface area contributed by atoms with E-state index in [2.05, 4.69) is 16.7 Å². The highest BCUT2D eigenvalue weighted by molar-refractivity contribution is 6.30. The van der Waals surface area contributed by atoms with Crippen molar-refractivity contribution in [3.8, 4) is 0 Å². The molecule has 2 aromatic rings. The molecule has 0 saturated heterocycles. The number of nitrogens with one attached hydrogen (secondary N) is 2. The fourth-order valence-electron chi connectivity index (χ4n) is 3.11. The Bertz CT molecular complexity index is 720. The van der Waals surface area contributed by atoms with E-state index in [0.29, 0.717) is 10.7 Å². The molecule has 0 radical (unpaired) electrons. The van der Waals surface area contributed by atoms with Crippen LogP contribution in [0.1, 0.15) is 17.5 Å². The number of aryl methyl sites for hydroxylation is 1. The van der Waals surface area contributed by atoms with E-state index in [1.165, 1.54) is 5.56 Å². The molecule has 1 amide bonds. The summed E-state index contributed by atoms with van der Waals surface area (Å²) < 4.78 is 0. The molecule has 3 N–H and O–H groups in total. The third-order valence-corrected chi connectivity index (χ3v) is 4.55. The molecule has 2 aromatic carbocycles. The SMILES string of the molecule is O=C(CNC1(CO)CCc2ccccc21)Nc1cccc(Cl)c1. The topological polar surface area (TPSA) is 61.4 Å². The molecular weight excluding hydrogens is 312 g/mol. The molecule has 120 valence electrons. The lowest BCUT2D eigenvalue weighted by atomic mass is 9.92. The highest BCUT2D eigenvalue weighted by atomic mass is 35.5. The van der Waals surface area contributed by atoms with Crippen molar-refractivity contribution >= 4 is 23.2 Å². The van der Waals surface area contributed by atoms with E-state index < -0.39 is 5.54 Å². The minimum atomic E-state index is -0.539. The number of rotatable bonds is 5. The molecule has 1 aliphatic carbocycles. The van der Waals surface area contributed by atoms with Crippen molar-refractivity contribution in [2.75, 3.05) is 18.5 Å². The molecule has 0 aliphatic heterocycles. The van der Waals surface area contributed by atoms with Gasteiger partial charge in [0.2, 0.25) is 5.91 Å². The van der Waals surface area contributed by atoms with Crippen molar-refractivity contribution in [2.45, 2.75) is 18.4 Å². The van der Waals surface area contributed by atoms with Gasteiger partial charge in [0.15, 0.2) is 0 Å². The van der Waals surface area contributed by atoms with E-state index in [-0.39, 0.29) is 19.1 Å². The summed E-state index contributed by atoms with van der Waals surface area (Å²) in [7, 11) is 0. The second-order valence-electron chi connectivity index (χ2n) is 5.81. The van der Waals surface area contributed by atoms with Gasteiger partial charge in [0.1, 0.15) is 0 Å². The molecule has 0 bridgehead atoms. The number of fused-ring (bicyclic) bond motifs is 1. The van der Waals surface area contributed by atoms with Crippen molar-refractivity contribution in [3.63, 3.8) is 0 Å². The van der Waals surface area contributed by atoms with Crippen LogP contribution in [0.4, 0.5) is 5.69 Å². The van der Waals surface area contributed by atoms with Crippen LogP contribution in [0, 0.1) is 0 Å². The number of amides is 1. The van der Waals surface area contributed by atoms with Crippen LogP contribution in [0.3, 0.4) is 0 Å². The van der Waals surface area contributed by atoms with Crippen LogP contribution < -0.4 is 10.6 Å². The quantitative estimate of drug-likeness (QED) is 0.790. The summed E-state index contributed by atoms with van der Waals surface area (Å²) in [6, 6.07) is 15.1. The molecule has 1 aliphatic rings. The smallest absolute Gasteiger partial charge is 0.238 e. The summed E-state index contributed by atoms with van der Waals surface area (Å²) in [5.74, 6) is -0.163. The van der Waals surface area contributed by atoms with Crippen LogP contribution in [0.15, 0.2) is 48.5 Å². The van der Waals surface area contributed by atoms with Crippen molar-refractivity contribution < 1.29 is 9.90 Å². The number of benzene rings is 2. The van der Waals surface area contributed by atoms with Gasteiger partial charge in [0, 0.05) is 10.7 Å². The predicted octanol–water partition coefficient (Wildman–Crippen LogP) is 2.70. The lowest BCUT2D eigenvalue weighted by molar-refractivity contribution is -0.115. The van der Waals surface area contributed by atoms with Crippen LogP contribution in [-0.4, -0.2) is 24.2 Å². The highest BCUT2D eigenvalue weighted by Gasteiger charge is 2.37. The standard InChI is InChI=1S/C18H19ClN2O2/c19-14-5-3-6-15(10-14)21-17(23)11-20-18(12-22)9-8-13-4-1-2-7-16(13)18/h1-7,10,20,22H,8-9,11-12H2,(H,21,23). The van der Waals surface area contributed by atoms with Crippen molar-refractivity contribution in [1.29, 1.82) is 0 Å². The largest absolute Gasteiger partial charge is 0.394 e. The summed E-state index contributed by atoms with van der Waals surface area (Å²) in [5.41, 5.74) is 2.43. The summed E-state index contributed by atoms with van der Waals surface area (Å²) in [6.45, 7) is 0.0931. The van der Waals surface area contributed by atoms with Crippen LogP contribution in [0.5, 0.6) is 0 Å². The number of carbonyl (C=O) groups excluding carboxylic acids is 1. The minimum absolute atomic E-state index is 0.0333. The Balaban J connectivity index is 1.66. The molecular formula is C18H19ClN2O2. The average Bonchev–Trinajstić information content (AvgIpc) is 2.93. The Morgan fingerprint density at radius 3 is 2.83 bits per heavy atom. The van der Waals surface area contributed by atoms with E-state index in [1.54, 1.807) is 24.3 Å². The van der Waals surface area contributed by atoms with Crippen molar-refractivity contribution in [2.24, 2.45) is 0 Å². The maximum atomic E-state index is 12.2. The van der Waals surface area contributed by atoms with Gasteiger partial charge in [-0.2, -0.15) is 0 Å². The van der Waals surface area contributed by atoms with Crippen LogP contribution in [-0.2, 0) is 16.8 Å². The second kappa shape index (κ2) is 6.71. The van der Waals surface area contributed by atoms with E-state index in [1.807, 2.05) is 18.2 Å². The first-order valence-electron chi connectivity index (χ1n) is 7.63. The molecule has 0 spiro atoms. The third kappa shape index (κ3) is 3.39. The highest BCUT2D eigenvalue weighted by Crippen LogP contribution is 2.36. The predicted molar refractivity (Wildman–Crippen MR) is 91.6 cm³/mol. The fourth-order valence-corrected chi connectivity index (χ4v) is 3.30. The molecule has 0 heterocycles. The lowest BCUT2D eigenvalue weighted by Crippen LogP contribution is -2.47. The Morgan fingerprint density at radius 1 is 1.22 bits per heavy atom. The van der Waals surface area contributed by atoms with Gasteiger partial charge in [-0.3, -0.25) is 10.1 Å². The number of carbonyl (C=O) groups is 1. The van der Waals surface area contributed by atoms with Gasteiger partial charge in [-0.05, 0) is 42.2 Å². The minimum Gasteiger partial charge on any atom is -0.394 e. The zero-order valence-electron chi connectivity index (χ0n) is 12.7. The summed E-state index contributed by atoms with van der Waals surface area (Å²) in [5, 5.41) is 16.5. The summed E-state index contributed by atoms with van der Waals surface area (Å²) in [4.78, 5) is 12.2. The van der Waals surface area contributed by atoms with Crippen LogP contribution in [0.2, 0.25) is 5.02 Å². The van der Waals surface area contributed by atoms with Gasteiger partial charge >= 0.3 is 0 Å². The van der Waals surface area contributed by atoms with E-state index in [0.717, 1.165) is 18.4 Å². The monoisotopic (exact) mass is 330 g/mol. The number of halogens is 1. The fraction of sp³-hybridized carbons (Fsp3) is 0.278. The van der Waals surface area contributed by atoms with E-state index in [4.69, 9.17) is 11.6 Å². The zero-order chi connectivity index (χ0) is 16.3. The number of anilines is 1. The van der Waals surface area contributed by atoms with Crippen LogP contribution >= 0.6 is 11.6 Å².